The second-order valence-corrected chi connectivity index (χ2v) is 3.55. The normalized spacial score (nSPS) is 9.89. The molecule has 2 rings (SSSR count). The smallest absolute Gasteiger partial charge is 0.356 e. The van der Waals surface area contributed by atoms with Crippen LogP contribution in [0.5, 0.6) is 0 Å². The zero-order valence-corrected chi connectivity index (χ0v) is 9.75. The van der Waals surface area contributed by atoms with Crippen LogP contribution in [0.25, 0.3) is 0 Å². The summed E-state index contributed by atoms with van der Waals surface area (Å²) in [6.45, 7) is 0.210. The van der Waals surface area contributed by atoms with Crippen LogP contribution in [-0.2, 0) is 6.54 Å². The highest BCUT2D eigenvalue weighted by molar-refractivity contribution is 5.98. The fourth-order valence-electron chi connectivity index (χ4n) is 1.40. The van der Waals surface area contributed by atoms with Crippen LogP contribution in [0.15, 0.2) is 30.7 Å². The van der Waals surface area contributed by atoms with Gasteiger partial charge in [0.05, 0.1) is 12.2 Å². The number of H-pyrrole nitrogens is 1. The molecule has 0 aromatic carbocycles. The number of rotatable bonds is 4. The largest absolute Gasteiger partial charge is 0.476 e. The van der Waals surface area contributed by atoms with E-state index in [9.17, 15) is 9.59 Å². The lowest BCUT2D eigenvalue weighted by molar-refractivity contribution is 0.0692. The highest BCUT2D eigenvalue weighted by Gasteiger charge is 2.13. The summed E-state index contributed by atoms with van der Waals surface area (Å²) >= 11 is 0. The van der Waals surface area contributed by atoms with Crippen molar-refractivity contribution in [3.63, 3.8) is 0 Å². The topological polar surface area (TPSA) is 120 Å². The lowest BCUT2D eigenvalue weighted by Crippen LogP contribution is -2.29. The summed E-state index contributed by atoms with van der Waals surface area (Å²) in [6, 6.07) is 2.46. The Labute approximate surface area is 107 Å². The van der Waals surface area contributed by atoms with Crippen LogP contribution in [0.1, 0.15) is 16.3 Å². The predicted octanol–water partition coefficient (Wildman–Crippen LogP) is 0.825. The molecule has 8 heteroatoms. The average Bonchev–Trinajstić information content (AvgIpc) is 2.90. The number of carboxylic acids is 1. The van der Waals surface area contributed by atoms with Gasteiger partial charge in [0.15, 0.2) is 5.69 Å². The van der Waals surface area contributed by atoms with Crippen molar-refractivity contribution in [3.05, 3.63) is 42.2 Å². The Morgan fingerprint density at radius 1 is 1.32 bits per heavy atom. The molecule has 0 fully saturated rings. The lowest BCUT2D eigenvalue weighted by Gasteiger charge is -2.08. The summed E-state index contributed by atoms with van der Waals surface area (Å²) in [4.78, 5) is 32.9. The third-order valence-electron chi connectivity index (χ3n) is 2.23. The van der Waals surface area contributed by atoms with Crippen molar-refractivity contribution in [2.24, 2.45) is 0 Å². The molecule has 0 saturated heterocycles. The first-order valence-corrected chi connectivity index (χ1v) is 5.38. The number of aromatic carboxylic acids is 1. The van der Waals surface area contributed by atoms with Gasteiger partial charge >= 0.3 is 12.0 Å². The van der Waals surface area contributed by atoms with Crippen LogP contribution in [-0.4, -0.2) is 32.1 Å². The van der Waals surface area contributed by atoms with Gasteiger partial charge in [-0.25, -0.2) is 19.6 Å². The van der Waals surface area contributed by atoms with E-state index in [1.807, 2.05) is 0 Å². The molecule has 0 atom stereocenters. The van der Waals surface area contributed by atoms with Crippen molar-refractivity contribution in [1.82, 2.24) is 20.3 Å². The molecule has 0 unspecified atom stereocenters. The maximum absolute atomic E-state index is 11.6. The molecule has 98 valence electrons. The molecule has 2 heterocycles. The van der Waals surface area contributed by atoms with Crippen LogP contribution in [0.2, 0.25) is 0 Å². The Bertz CT molecular complexity index is 582. The molecule has 0 aliphatic rings. The van der Waals surface area contributed by atoms with Crippen molar-refractivity contribution in [2.75, 3.05) is 5.32 Å². The fourth-order valence-corrected chi connectivity index (χ4v) is 1.40. The van der Waals surface area contributed by atoms with E-state index in [1.54, 1.807) is 12.4 Å². The van der Waals surface area contributed by atoms with Crippen LogP contribution >= 0.6 is 0 Å². The number of nitrogens with zero attached hydrogens (tertiary/aromatic N) is 2. The minimum atomic E-state index is -1.21. The van der Waals surface area contributed by atoms with Gasteiger partial charge < -0.3 is 20.7 Å². The van der Waals surface area contributed by atoms with Crippen LogP contribution in [0, 0.1) is 0 Å². The number of amides is 2. The van der Waals surface area contributed by atoms with Gasteiger partial charge in [0.25, 0.3) is 0 Å². The molecule has 0 spiro atoms. The lowest BCUT2D eigenvalue weighted by atomic mass is 10.3. The average molecular weight is 261 g/mol. The molecule has 0 radical (unpaired) electrons. The van der Waals surface area contributed by atoms with Crippen molar-refractivity contribution >= 4 is 17.7 Å². The number of aromatic nitrogens is 3. The highest BCUT2D eigenvalue weighted by Crippen LogP contribution is 2.11. The van der Waals surface area contributed by atoms with E-state index in [4.69, 9.17) is 5.11 Å². The van der Waals surface area contributed by atoms with E-state index in [2.05, 4.69) is 25.6 Å². The summed E-state index contributed by atoms with van der Waals surface area (Å²) < 4.78 is 0. The fraction of sp³-hybridized carbons (Fsp3) is 0.0909. The Morgan fingerprint density at radius 3 is 2.84 bits per heavy atom. The maximum Gasteiger partial charge on any atom is 0.356 e. The number of nitrogens with one attached hydrogen (secondary N) is 3. The van der Waals surface area contributed by atoms with Crippen molar-refractivity contribution in [2.45, 2.75) is 6.54 Å². The molecule has 19 heavy (non-hydrogen) atoms. The maximum atomic E-state index is 11.6. The van der Waals surface area contributed by atoms with E-state index in [0.29, 0.717) is 5.82 Å². The van der Waals surface area contributed by atoms with E-state index in [1.165, 1.54) is 18.3 Å². The second kappa shape index (κ2) is 5.63. The number of imidazole rings is 1. The van der Waals surface area contributed by atoms with E-state index in [-0.39, 0.29) is 17.9 Å². The number of carbonyl (C=O) groups excluding carboxylic acids is 1. The summed E-state index contributed by atoms with van der Waals surface area (Å²) in [5.41, 5.74) is -0.0809. The number of carbonyl (C=O) groups is 2. The van der Waals surface area contributed by atoms with Crippen LogP contribution in [0.4, 0.5) is 10.5 Å². The van der Waals surface area contributed by atoms with Gasteiger partial charge in [-0.3, -0.25) is 0 Å². The predicted molar refractivity (Wildman–Crippen MR) is 65.6 cm³/mol. The van der Waals surface area contributed by atoms with Gasteiger partial charge in [0.2, 0.25) is 0 Å². The van der Waals surface area contributed by atoms with E-state index < -0.39 is 12.0 Å². The van der Waals surface area contributed by atoms with Gasteiger partial charge in [-0.2, -0.15) is 0 Å². The minimum Gasteiger partial charge on any atom is -0.476 e. The van der Waals surface area contributed by atoms with Crippen molar-refractivity contribution in [1.29, 1.82) is 0 Å². The molecule has 0 bridgehead atoms. The van der Waals surface area contributed by atoms with Gasteiger partial charge in [0, 0.05) is 18.6 Å². The zero-order valence-electron chi connectivity index (χ0n) is 9.75. The SMILES string of the molecule is O=C(NCc1ncc[nH]1)Nc1cccnc1C(=O)O. The molecule has 8 nitrogen and oxygen atoms in total. The first-order valence-electron chi connectivity index (χ1n) is 5.38. The molecule has 2 aromatic heterocycles. The van der Waals surface area contributed by atoms with Crippen molar-refractivity contribution in [3.8, 4) is 0 Å². The molecule has 0 saturated carbocycles. The number of hydrogen-bond acceptors (Lipinski definition) is 4. The molecule has 2 aromatic rings. The number of carboxylic acid groups (broad SMARTS) is 1. The number of hydrogen-bond donors (Lipinski definition) is 4. The molecular formula is C11H11N5O3. The molecule has 4 N–H and O–H groups in total. The number of pyridine rings is 1. The Hall–Kier alpha value is -2.90. The summed E-state index contributed by atoms with van der Waals surface area (Å²) in [6.07, 6.45) is 4.55. The highest BCUT2D eigenvalue weighted by atomic mass is 16.4. The van der Waals surface area contributed by atoms with Crippen LogP contribution in [0.3, 0.4) is 0 Å². The van der Waals surface area contributed by atoms with E-state index >= 15 is 0 Å². The van der Waals surface area contributed by atoms with Crippen molar-refractivity contribution < 1.29 is 14.7 Å². The van der Waals surface area contributed by atoms with Gasteiger partial charge in [-0.15, -0.1) is 0 Å². The third-order valence-corrected chi connectivity index (χ3v) is 2.23. The number of anilines is 1. The number of aromatic amines is 1. The third kappa shape index (κ3) is 3.28. The molecular weight excluding hydrogens is 250 g/mol. The Kier molecular flexibility index (Phi) is 3.72. The Morgan fingerprint density at radius 2 is 2.16 bits per heavy atom. The van der Waals surface area contributed by atoms with E-state index in [0.717, 1.165) is 0 Å². The zero-order chi connectivity index (χ0) is 13.7. The summed E-state index contributed by atoms with van der Waals surface area (Å²) in [5, 5.41) is 13.9. The first-order chi connectivity index (χ1) is 9.16. The van der Waals surface area contributed by atoms with Gasteiger partial charge in [0.1, 0.15) is 5.82 Å². The molecule has 2 amide bonds. The Balaban J connectivity index is 1.97. The molecule has 0 aliphatic heterocycles. The monoisotopic (exact) mass is 261 g/mol. The first kappa shape index (κ1) is 12.6. The number of urea groups is 1. The second-order valence-electron chi connectivity index (χ2n) is 3.55. The van der Waals surface area contributed by atoms with Gasteiger partial charge in [-0.1, -0.05) is 0 Å². The quantitative estimate of drug-likeness (QED) is 0.649. The van der Waals surface area contributed by atoms with Gasteiger partial charge in [-0.05, 0) is 12.1 Å². The van der Waals surface area contributed by atoms with Crippen LogP contribution < -0.4 is 10.6 Å². The molecule has 0 aliphatic carbocycles. The minimum absolute atomic E-state index is 0.131. The standard InChI is InChI=1S/C11H11N5O3/c17-10(18)9-7(2-1-3-14-9)16-11(19)15-6-8-12-4-5-13-8/h1-5H,6H2,(H,12,13)(H,17,18)(H2,15,16,19). The summed E-state index contributed by atoms with van der Waals surface area (Å²) in [5.74, 6) is -0.610. The summed E-state index contributed by atoms with van der Waals surface area (Å²) in [7, 11) is 0.